The van der Waals surface area contributed by atoms with Gasteiger partial charge in [-0.3, -0.25) is 0 Å². The van der Waals surface area contributed by atoms with Crippen LogP contribution < -0.4 is 10.5 Å². The summed E-state index contributed by atoms with van der Waals surface area (Å²) in [6.07, 6.45) is 3.48. The predicted molar refractivity (Wildman–Crippen MR) is 82.2 cm³/mol. The van der Waals surface area contributed by atoms with Crippen molar-refractivity contribution < 1.29 is 12.8 Å². The maximum Gasteiger partial charge on any atom is 0.243 e. The summed E-state index contributed by atoms with van der Waals surface area (Å²) in [6, 6.07) is 2.08. The van der Waals surface area contributed by atoms with E-state index in [9.17, 15) is 12.8 Å². The molecule has 0 spiro atoms. The van der Waals surface area contributed by atoms with Crippen LogP contribution in [0.15, 0.2) is 17.0 Å². The molecule has 0 bridgehead atoms. The highest BCUT2D eigenvalue weighted by Gasteiger charge is 2.32. The lowest BCUT2D eigenvalue weighted by Crippen LogP contribution is -2.40. The number of halogens is 2. The molecule has 1 aliphatic carbocycles. The van der Waals surface area contributed by atoms with Gasteiger partial charge in [-0.05, 0) is 36.8 Å². The highest BCUT2D eigenvalue weighted by molar-refractivity contribution is 7.89. The predicted octanol–water partition coefficient (Wildman–Crippen LogP) is 3.31. The quantitative estimate of drug-likeness (QED) is 0.833. The molecular weight excluding hydrogens is 315 g/mol. The fraction of sp³-hybridized carbons (Fsp3) is 0.571. The molecule has 1 fully saturated rings. The van der Waals surface area contributed by atoms with Gasteiger partial charge in [-0.1, -0.05) is 31.9 Å². The van der Waals surface area contributed by atoms with E-state index in [1.54, 1.807) is 0 Å². The fourth-order valence-electron chi connectivity index (χ4n) is 2.86. The van der Waals surface area contributed by atoms with E-state index in [0.717, 1.165) is 31.7 Å². The monoisotopic (exact) mass is 334 g/mol. The van der Waals surface area contributed by atoms with Crippen LogP contribution >= 0.6 is 11.6 Å². The molecule has 21 heavy (non-hydrogen) atoms. The van der Waals surface area contributed by atoms with E-state index in [1.807, 2.05) is 0 Å². The second-order valence-electron chi connectivity index (χ2n) is 6.39. The van der Waals surface area contributed by atoms with Crippen molar-refractivity contribution in [1.29, 1.82) is 0 Å². The third kappa shape index (κ3) is 3.87. The van der Waals surface area contributed by atoms with Crippen LogP contribution in [-0.4, -0.2) is 14.5 Å². The minimum atomic E-state index is -3.98. The maximum atomic E-state index is 14.0. The zero-order chi connectivity index (χ0) is 15.8. The van der Waals surface area contributed by atoms with Crippen LogP contribution in [0, 0.1) is 11.2 Å². The zero-order valence-electron chi connectivity index (χ0n) is 12.1. The minimum Gasteiger partial charge on any atom is -0.396 e. The molecule has 1 saturated carbocycles. The number of sulfonamides is 1. The van der Waals surface area contributed by atoms with Crippen molar-refractivity contribution in [3.8, 4) is 0 Å². The number of benzene rings is 1. The Kier molecular flexibility index (Phi) is 4.52. The Morgan fingerprint density at radius 2 is 2.10 bits per heavy atom. The summed E-state index contributed by atoms with van der Waals surface area (Å²) in [5.41, 5.74) is 5.25. The first-order valence-corrected chi connectivity index (χ1v) is 8.74. The summed E-state index contributed by atoms with van der Waals surface area (Å²) in [4.78, 5) is -0.490. The molecule has 2 rings (SSSR count). The van der Waals surface area contributed by atoms with E-state index in [-0.39, 0.29) is 22.2 Å². The van der Waals surface area contributed by atoms with Crippen molar-refractivity contribution in [2.24, 2.45) is 5.41 Å². The van der Waals surface area contributed by atoms with E-state index in [2.05, 4.69) is 18.6 Å². The number of nitrogen functional groups attached to an aromatic ring is 1. The molecule has 1 aromatic rings. The Balaban J connectivity index is 2.27. The van der Waals surface area contributed by atoms with E-state index >= 15 is 0 Å². The lowest BCUT2D eigenvalue weighted by atomic mass is 9.75. The van der Waals surface area contributed by atoms with Crippen molar-refractivity contribution in [1.82, 2.24) is 4.72 Å². The Morgan fingerprint density at radius 3 is 2.71 bits per heavy atom. The largest absolute Gasteiger partial charge is 0.396 e. The first-order chi connectivity index (χ1) is 9.61. The van der Waals surface area contributed by atoms with Crippen LogP contribution in [0.2, 0.25) is 5.02 Å². The molecule has 7 heteroatoms. The molecule has 0 amide bonds. The highest BCUT2D eigenvalue weighted by atomic mass is 35.5. The van der Waals surface area contributed by atoms with Gasteiger partial charge in [0.2, 0.25) is 10.0 Å². The third-order valence-electron chi connectivity index (χ3n) is 3.85. The first-order valence-electron chi connectivity index (χ1n) is 6.88. The summed E-state index contributed by atoms with van der Waals surface area (Å²) >= 11 is 5.78. The van der Waals surface area contributed by atoms with Crippen LogP contribution in [-0.2, 0) is 10.0 Å². The number of hydrogen-bond donors (Lipinski definition) is 2. The third-order valence-corrected chi connectivity index (χ3v) is 5.59. The van der Waals surface area contributed by atoms with Crippen LogP contribution in [0.3, 0.4) is 0 Å². The van der Waals surface area contributed by atoms with Gasteiger partial charge in [0.15, 0.2) is 5.82 Å². The molecule has 4 nitrogen and oxygen atoms in total. The molecular formula is C14H20ClFN2O2S. The molecule has 0 aromatic heterocycles. The number of nitrogens with one attached hydrogen (secondary N) is 1. The van der Waals surface area contributed by atoms with Crippen molar-refractivity contribution >= 4 is 27.3 Å². The van der Waals surface area contributed by atoms with Gasteiger partial charge >= 0.3 is 0 Å². The van der Waals surface area contributed by atoms with Gasteiger partial charge in [0.1, 0.15) is 4.90 Å². The summed E-state index contributed by atoms with van der Waals surface area (Å²) in [6.45, 7) is 4.21. The molecule has 0 radical (unpaired) electrons. The number of anilines is 1. The number of rotatable bonds is 3. The van der Waals surface area contributed by atoms with E-state index in [1.165, 1.54) is 6.07 Å². The van der Waals surface area contributed by atoms with E-state index < -0.39 is 20.7 Å². The Bertz CT molecular complexity index is 647. The van der Waals surface area contributed by atoms with Crippen LogP contribution in [0.5, 0.6) is 0 Å². The molecule has 0 heterocycles. The van der Waals surface area contributed by atoms with Gasteiger partial charge in [-0.2, -0.15) is 0 Å². The Morgan fingerprint density at radius 1 is 1.43 bits per heavy atom. The van der Waals surface area contributed by atoms with Crippen molar-refractivity contribution in [3.63, 3.8) is 0 Å². The summed E-state index contributed by atoms with van der Waals surface area (Å²) in [7, 11) is -3.98. The van der Waals surface area contributed by atoms with Crippen molar-refractivity contribution in [2.45, 2.75) is 50.5 Å². The molecule has 0 aliphatic heterocycles. The number of hydrogen-bond acceptors (Lipinski definition) is 3. The normalized spacial score (nSPS) is 22.2. The van der Waals surface area contributed by atoms with Gasteiger partial charge in [-0.25, -0.2) is 17.5 Å². The molecule has 1 aliphatic rings. The van der Waals surface area contributed by atoms with Crippen molar-refractivity contribution in [3.05, 3.63) is 23.0 Å². The Labute approximate surface area is 129 Å². The summed E-state index contributed by atoms with van der Waals surface area (Å²) < 4.78 is 41.3. The maximum absolute atomic E-state index is 14.0. The van der Waals surface area contributed by atoms with Crippen LogP contribution in [0.4, 0.5) is 10.1 Å². The second kappa shape index (κ2) is 5.74. The molecule has 0 saturated heterocycles. The van der Waals surface area contributed by atoms with E-state index in [0.29, 0.717) is 0 Å². The van der Waals surface area contributed by atoms with Gasteiger partial charge in [0, 0.05) is 11.1 Å². The van der Waals surface area contributed by atoms with Crippen LogP contribution in [0.25, 0.3) is 0 Å². The topological polar surface area (TPSA) is 72.2 Å². The lowest BCUT2D eigenvalue weighted by Gasteiger charge is -2.35. The van der Waals surface area contributed by atoms with Crippen LogP contribution in [0.1, 0.15) is 39.5 Å². The van der Waals surface area contributed by atoms with Gasteiger partial charge < -0.3 is 5.73 Å². The zero-order valence-corrected chi connectivity index (χ0v) is 13.7. The molecule has 1 atom stereocenters. The van der Waals surface area contributed by atoms with Gasteiger partial charge in [0.05, 0.1) is 5.69 Å². The first kappa shape index (κ1) is 16.5. The molecule has 118 valence electrons. The van der Waals surface area contributed by atoms with E-state index in [4.69, 9.17) is 17.3 Å². The molecule has 1 aromatic carbocycles. The fourth-order valence-corrected chi connectivity index (χ4v) is 4.56. The summed E-state index contributed by atoms with van der Waals surface area (Å²) in [5.74, 6) is -0.957. The second-order valence-corrected chi connectivity index (χ2v) is 8.50. The molecule has 1 unspecified atom stereocenters. The smallest absolute Gasteiger partial charge is 0.243 e. The average Bonchev–Trinajstić information content (AvgIpc) is 2.31. The molecule has 3 N–H and O–H groups in total. The highest BCUT2D eigenvalue weighted by Crippen LogP contribution is 2.36. The standard InChI is InChI=1S/C14H20ClFN2O2S/c1-14(2)5-3-4-10(8-14)18-21(19,20)12-7-9(15)6-11(17)13(12)16/h6-7,10,18H,3-5,8,17H2,1-2H3. The lowest BCUT2D eigenvalue weighted by molar-refractivity contribution is 0.212. The van der Waals surface area contributed by atoms with Gasteiger partial charge in [0.25, 0.3) is 0 Å². The van der Waals surface area contributed by atoms with Gasteiger partial charge in [-0.15, -0.1) is 0 Å². The number of nitrogens with two attached hydrogens (primary N) is 1. The SMILES string of the molecule is CC1(C)CCCC(NS(=O)(=O)c2cc(Cl)cc(N)c2F)C1. The van der Waals surface area contributed by atoms with Crippen molar-refractivity contribution in [2.75, 3.05) is 5.73 Å². The minimum absolute atomic E-state index is 0.0807. The average molecular weight is 335 g/mol. The summed E-state index contributed by atoms with van der Waals surface area (Å²) in [5, 5.41) is 0.0956. The Hall–Kier alpha value is -0.850.